The first-order chi connectivity index (χ1) is 13.6. The van der Waals surface area contributed by atoms with Crippen molar-refractivity contribution >= 4 is 17.3 Å². The topological polar surface area (TPSA) is 53.3 Å². The molecule has 5 nitrogen and oxygen atoms in total. The van der Waals surface area contributed by atoms with Gasteiger partial charge < -0.3 is 19.9 Å². The molecule has 0 aliphatic carbocycles. The zero-order valence-electron chi connectivity index (χ0n) is 16.0. The van der Waals surface area contributed by atoms with Crippen LogP contribution in [0.4, 0.5) is 0 Å². The van der Waals surface area contributed by atoms with Gasteiger partial charge in [0.2, 0.25) is 0 Å². The number of hydrogen-bond donors (Lipinski definition) is 2. The van der Waals surface area contributed by atoms with E-state index in [4.69, 9.17) is 12.2 Å². The molecule has 0 amide bonds. The number of rotatable bonds is 5. The van der Waals surface area contributed by atoms with Crippen LogP contribution in [0.3, 0.4) is 0 Å². The molecular weight excluding hydrogens is 368 g/mol. The van der Waals surface area contributed by atoms with Crippen LogP contribution in [0.25, 0.3) is 5.69 Å². The van der Waals surface area contributed by atoms with Gasteiger partial charge in [0.05, 0.1) is 24.4 Å². The molecule has 6 heteroatoms. The highest BCUT2D eigenvalue weighted by Gasteiger charge is 2.40. The minimum atomic E-state index is -0.0829. The van der Waals surface area contributed by atoms with Crippen LogP contribution in [-0.4, -0.2) is 37.8 Å². The normalized spacial score (nSPS) is 19.1. The van der Waals surface area contributed by atoms with E-state index in [9.17, 15) is 5.11 Å². The maximum absolute atomic E-state index is 9.62. The highest BCUT2D eigenvalue weighted by atomic mass is 32.1. The van der Waals surface area contributed by atoms with Crippen molar-refractivity contribution in [3.05, 3.63) is 83.4 Å². The van der Waals surface area contributed by atoms with E-state index in [2.05, 4.69) is 70.1 Å². The molecule has 144 valence electrons. The lowest BCUT2D eigenvalue weighted by Crippen LogP contribution is -2.32. The van der Waals surface area contributed by atoms with Crippen LogP contribution in [-0.2, 0) is 0 Å². The molecule has 0 spiro atoms. The van der Waals surface area contributed by atoms with Gasteiger partial charge in [0.1, 0.15) is 0 Å². The molecule has 3 aromatic rings. The number of pyridine rings is 1. The molecule has 1 aliphatic heterocycles. The summed E-state index contributed by atoms with van der Waals surface area (Å²) in [7, 11) is 0. The van der Waals surface area contributed by atoms with Gasteiger partial charge in [-0.05, 0) is 73.6 Å². The van der Waals surface area contributed by atoms with Gasteiger partial charge in [0.25, 0.3) is 0 Å². The molecule has 0 bridgehead atoms. The number of nitrogens with one attached hydrogen (secondary N) is 1. The largest absolute Gasteiger partial charge is 0.395 e. The van der Waals surface area contributed by atoms with E-state index in [1.54, 1.807) is 6.20 Å². The van der Waals surface area contributed by atoms with Crippen molar-refractivity contribution in [2.24, 2.45) is 0 Å². The molecule has 4 rings (SSSR count). The summed E-state index contributed by atoms with van der Waals surface area (Å²) < 4.78 is 2.20. The van der Waals surface area contributed by atoms with Gasteiger partial charge in [-0.15, -0.1) is 0 Å². The Labute approximate surface area is 170 Å². The third-order valence-corrected chi connectivity index (χ3v) is 5.74. The molecule has 0 radical (unpaired) electrons. The summed E-state index contributed by atoms with van der Waals surface area (Å²) in [5.74, 6) is 0. The average molecular weight is 393 g/mol. The minimum absolute atomic E-state index is 0.0393. The molecule has 2 aromatic heterocycles. The Hall–Kier alpha value is -2.70. The third-order valence-electron chi connectivity index (χ3n) is 5.39. The van der Waals surface area contributed by atoms with Gasteiger partial charge in [0.15, 0.2) is 5.11 Å². The van der Waals surface area contributed by atoms with Crippen molar-refractivity contribution in [1.29, 1.82) is 0 Å². The number of aryl methyl sites for hydroxylation is 2. The number of nitrogens with zero attached hydrogens (tertiary/aromatic N) is 3. The molecule has 28 heavy (non-hydrogen) atoms. The fourth-order valence-corrected chi connectivity index (χ4v) is 4.15. The second-order valence-electron chi connectivity index (χ2n) is 7.12. The molecule has 1 aromatic carbocycles. The van der Waals surface area contributed by atoms with Crippen LogP contribution in [0.2, 0.25) is 0 Å². The molecular formula is C22H24N4OS. The molecule has 1 fully saturated rings. The zero-order valence-corrected chi connectivity index (χ0v) is 16.9. The first-order valence-corrected chi connectivity index (χ1v) is 9.85. The minimum Gasteiger partial charge on any atom is -0.395 e. The van der Waals surface area contributed by atoms with Gasteiger partial charge in [-0.3, -0.25) is 4.98 Å². The van der Waals surface area contributed by atoms with E-state index >= 15 is 0 Å². The van der Waals surface area contributed by atoms with Crippen molar-refractivity contribution in [3.63, 3.8) is 0 Å². The number of aromatic nitrogens is 2. The Morgan fingerprint density at radius 2 is 1.96 bits per heavy atom. The summed E-state index contributed by atoms with van der Waals surface area (Å²) in [5.41, 5.74) is 5.69. The highest BCUT2D eigenvalue weighted by molar-refractivity contribution is 7.80. The number of aliphatic hydroxyl groups excluding tert-OH is 1. The van der Waals surface area contributed by atoms with Crippen molar-refractivity contribution in [2.75, 3.05) is 13.2 Å². The van der Waals surface area contributed by atoms with Crippen molar-refractivity contribution in [2.45, 2.75) is 25.9 Å². The maximum Gasteiger partial charge on any atom is 0.170 e. The van der Waals surface area contributed by atoms with Crippen LogP contribution >= 0.6 is 12.2 Å². The third kappa shape index (κ3) is 3.30. The number of aliphatic hydroxyl groups is 1. The SMILES string of the molecule is Cc1ccc(-n2cccc2[C@H]2[C@H](c3ccccn3)NC(=S)N2CCO)cc1C. The van der Waals surface area contributed by atoms with E-state index in [-0.39, 0.29) is 18.7 Å². The van der Waals surface area contributed by atoms with E-state index < -0.39 is 0 Å². The van der Waals surface area contributed by atoms with E-state index in [0.29, 0.717) is 11.7 Å². The highest BCUT2D eigenvalue weighted by Crippen LogP contribution is 2.39. The number of hydrogen-bond acceptors (Lipinski definition) is 3. The number of benzene rings is 1. The summed E-state index contributed by atoms with van der Waals surface area (Å²) in [5, 5.41) is 13.7. The molecule has 0 unspecified atom stereocenters. The predicted octanol–water partition coefficient (Wildman–Crippen LogP) is 3.45. The van der Waals surface area contributed by atoms with Crippen LogP contribution in [0.5, 0.6) is 0 Å². The van der Waals surface area contributed by atoms with Crippen LogP contribution < -0.4 is 5.32 Å². The Balaban J connectivity index is 1.81. The van der Waals surface area contributed by atoms with Crippen molar-refractivity contribution in [1.82, 2.24) is 19.8 Å². The van der Waals surface area contributed by atoms with Gasteiger partial charge in [0, 0.05) is 30.3 Å². The lowest BCUT2D eigenvalue weighted by Gasteiger charge is -2.28. The van der Waals surface area contributed by atoms with E-state index in [1.165, 1.54) is 11.1 Å². The second kappa shape index (κ2) is 7.73. The summed E-state index contributed by atoms with van der Waals surface area (Å²) in [6, 6.07) is 16.4. The fraction of sp³-hybridized carbons (Fsp3) is 0.273. The monoisotopic (exact) mass is 392 g/mol. The standard InChI is InChI=1S/C22H24N4OS/c1-15-8-9-17(14-16(15)2)25-11-5-7-19(25)21-20(18-6-3-4-10-23-18)24-22(28)26(21)12-13-27/h3-11,14,20-21,27H,12-13H2,1-2H3,(H,24,28)/t20-,21-/m0/s1. The van der Waals surface area contributed by atoms with Gasteiger partial charge in [-0.2, -0.15) is 0 Å². The van der Waals surface area contributed by atoms with Gasteiger partial charge in [-0.1, -0.05) is 12.1 Å². The predicted molar refractivity (Wildman–Crippen MR) is 114 cm³/mol. The molecule has 2 atom stereocenters. The smallest absolute Gasteiger partial charge is 0.170 e. The Bertz CT molecular complexity index is 985. The average Bonchev–Trinajstić information content (AvgIpc) is 3.30. The summed E-state index contributed by atoms with van der Waals surface area (Å²) >= 11 is 5.60. The first kappa shape index (κ1) is 18.7. The van der Waals surface area contributed by atoms with Crippen molar-refractivity contribution in [3.8, 4) is 5.69 Å². The van der Waals surface area contributed by atoms with Crippen molar-refractivity contribution < 1.29 is 5.11 Å². The number of thiocarbonyl (C=S) groups is 1. The van der Waals surface area contributed by atoms with E-state index in [0.717, 1.165) is 17.1 Å². The molecule has 0 saturated carbocycles. The summed E-state index contributed by atoms with van der Waals surface area (Å²) in [6.45, 7) is 4.76. The zero-order chi connectivity index (χ0) is 19.7. The quantitative estimate of drug-likeness (QED) is 0.652. The Morgan fingerprint density at radius 3 is 2.68 bits per heavy atom. The first-order valence-electron chi connectivity index (χ1n) is 9.44. The van der Waals surface area contributed by atoms with Crippen LogP contribution in [0.15, 0.2) is 60.9 Å². The fourth-order valence-electron chi connectivity index (χ4n) is 3.82. The summed E-state index contributed by atoms with van der Waals surface area (Å²) in [4.78, 5) is 6.61. The maximum atomic E-state index is 9.62. The lowest BCUT2D eigenvalue weighted by molar-refractivity contribution is 0.220. The molecule has 1 saturated heterocycles. The molecule has 2 N–H and O–H groups in total. The molecule has 1 aliphatic rings. The Morgan fingerprint density at radius 1 is 1.11 bits per heavy atom. The Kier molecular flexibility index (Phi) is 5.15. The summed E-state index contributed by atoms with van der Waals surface area (Å²) in [6.07, 6.45) is 3.88. The van der Waals surface area contributed by atoms with Crippen LogP contribution in [0, 0.1) is 13.8 Å². The van der Waals surface area contributed by atoms with Crippen LogP contribution in [0.1, 0.15) is 34.6 Å². The number of β-amino-alcohol motifs (C(OH)–C–C–N with tert-alkyl or cyclic N) is 1. The molecule has 3 heterocycles. The second-order valence-corrected chi connectivity index (χ2v) is 7.50. The lowest BCUT2D eigenvalue weighted by atomic mass is 10.0. The van der Waals surface area contributed by atoms with Gasteiger partial charge >= 0.3 is 0 Å². The van der Waals surface area contributed by atoms with E-state index in [1.807, 2.05) is 18.2 Å². The van der Waals surface area contributed by atoms with Gasteiger partial charge in [-0.25, -0.2) is 0 Å².